The SMILES string of the molecule is O=C(NC1CC1)[C@@H]1CC(=O)N(c2ccc3c(c2)CCN3C(=O)C2CC2)C1. The summed E-state index contributed by atoms with van der Waals surface area (Å²) < 4.78 is 0. The number of nitrogens with zero attached hydrogens (tertiary/aromatic N) is 2. The number of hydrogen-bond donors (Lipinski definition) is 1. The van der Waals surface area contributed by atoms with Crippen LogP contribution in [0.25, 0.3) is 0 Å². The molecule has 0 unspecified atom stereocenters. The number of nitrogens with one attached hydrogen (secondary N) is 1. The van der Waals surface area contributed by atoms with Crippen molar-refractivity contribution >= 4 is 29.1 Å². The molecule has 1 aromatic rings. The van der Waals surface area contributed by atoms with Gasteiger partial charge in [-0.3, -0.25) is 14.4 Å². The van der Waals surface area contributed by atoms with Crippen molar-refractivity contribution in [2.75, 3.05) is 22.9 Å². The smallest absolute Gasteiger partial charge is 0.230 e. The van der Waals surface area contributed by atoms with Crippen LogP contribution in [0.15, 0.2) is 18.2 Å². The number of hydrogen-bond acceptors (Lipinski definition) is 3. The van der Waals surface area contributed by atoms with Gasteiger partial charge in [-0.15, -0.1) is 0 Å². The van der Waals surface area contributed by atoms with E-state index in [1.54, 1.807) is 4.90 Å². The summed E-state index contributed by atoms with van der Waals surface area (Å²) in [7, 11) is 0. The molecule has 6 nitrogen and oxygen atoms in total. The number of carbonyl (C=O) groups is 3. The molecule has 3 fully saturated rings. The van der Waals surface area contributed by atoms with E-state index in [0.717, 1.165) is 55.6 Å². The fourth-order valence-corrected chi connectivity index (χ4v) is 4.02. The fourth-order valence-electron chi connectivity index (χ4n) is 4.02. The summed E-state index contributed by atoms with van der Waals surface area (Å²) in [6.45, 7) is 1.18. The van der Waals surface area contributed by atoms with Gasteiger partial charge >= 0.3 is 0 Å². The summed E-state index contributed by atoms with van der Waals surface area (Å²) in [5.41, 5.74) is 2.95. The van der Waals surface area contributed by atoms with E-state index in [2.05, 4.69) is 5.32 Å². The Morgan fingerprint density at radius 1 is 1.08 bits per heavy atom. The number of anilines is 2. The molecule has 1 aromatic carbocycles. The van der Waals surface area contributed by atoms with Crippen LogP contribution in [0.5, 0.6) is 0 Å². The first-order valence-electron chi connectivity index (χ1n) is 9.65. The first kappa shape index (κ1) is 15.9. The zero-order valence-corrected chi connectivity index (χ0v) is 14.7. The number of carbonyl (C=O) groups excluding carboxylic acids is 3. The van der Waals surface area contributed by atoms with Gasteiger partial charge in [-0.25, -0.2) is 0 Å². The van der Waals surface area contributed by atoms with Gasteiger partial charge in [0.15, 0.2) is 0 Å². The Bertz CT molecular complexity index is 797. The third-order valence-electron chi connectivity index (χ3n) is 5.88. The van der Waals surface area contributed by atoms with Crippen molar-refractivity contribution in [1.82, 2.24) is 5.32 Å². The van der Waals surface area contributed by atoms with Crippen LogP contribution >= 0.6 is 0 Å². The number of fused-ring (bicyclic) bond motifs is 1. The molecule has 1 atom stereocenters. The summed E-state index contributed by atoms with van der Waals surface area (Å²) in [6, 6.07) is 6.22. The van der Waals surface area contributed by atoms with E-state index >= 15 is 0 Å². The lowest BCUT2D eigenvalue weighted by Gasteiger charge is -2.20. The first-order chi connectivity index (χ1) is 12.6. The van der Waals surface area contributed by atoms with E-state index in [1.807, 2.05) is 23.1 Å². The second-order valence-corrected chi connectivity index (χ2v) is 8.02. The highest BCUT2D eigenvalue weighted by atomic mass is 16.2. The molecule has 2 aliphatic heterocycles. The maximum Gasteiger partial charge on any atom is 0.230 e. The Morgan fingerprint density at radius 3 is 2.62 bits per heavy atom. The molecule has 26 heavy (non-hydrogen) atoms. The molecular formula is C20H23N3O3. The molecule has 1 N–H and O–H groups in total. The van der Waals surface area contributed by atoms with Gasteiger partial charge in [0, 0.05) is 42.8 Å². The van der Waals surface area contributed by atoms with Gasteiger partial charge in [0.25, 0.3) is 0 Å². The predicted molar refractivity (Wildman–Crippen MR) is 96.8 cm³/mol. The third kappa shape index (κ3) is 2.77. The third-order valence-corrected chi connectivity index (χ3v) is 5.88. The van der Waals surface area contributed by atoms with Crippen molar-refractivity contribution < 1.29 is 14.4 Å². The summed E-state index contributed by atoms with van der Waals surface area (Å²) in [5.74, 6) is 0.205. The van der Waals surface area contributed by atoms with E-state index in [1.165, 1.54) is 0 Å². The van der Waals surface area contributed by atoms with Gasteiger partial charge in [-0.2, -0.15) is 0 Å². The Kier molecular flexibility index (Phi) is 3.55. The molecule has 136 valence electrons. The lowest BCUT2D eigenvalue weighted by Crippen LogP contribution is -2.34. The minimum absolute atomic E-state index is 0.00445. The van der Waals surface area contributed by atoms with Gasteiger partial charge in [0.1, 0.15) is 0 Å². The van der Waals surface area contributed by atoms with E-state index in [4.69, 9.17) is 0 Å². The van der Waals surface area contributed by atoms with Gasteiger partial charge in [0.05, 0.1) is 5.92 Å². The zero-order chi connectivity index (χ0) is 17.8. The van der Waals surface area contributed by atoms with Crippen molar-refractivity contribution in [3.8, 4) is 0 Å². The maximum atomic E-state index is 12.4. The molecule has 6 heteroatoms. The Balaban J connectivity index is 1.32. The molecule has 0 aromatic heterocycles. The molecule has 5 rings (SSSR count). The summed E-state index contributed by atoms with van der Waals surface area (Å²) in [6.07, 6.45) is 5.23. The van der Waals surface area contributed by atoms with Gasteiger partial charge in [0.2, 0.25) is 17.7 Å². The second kappa shape index (κ2) is 5.83. The largest absolute Gasteiger partial charge is 0.353 e. The average molecular weight is 353 g/mol. The minimum atomic E-state index is -0.260. The average Bonchev–Trinajstić information content (AvgIpc) is 3.55. The molecule has 3 amide bonds. The van der Waals surface area contributed by atoms with Crippen molar-refractivity contribution in [3.63, 3.8) is 0 Å². The Labute approximate surface area is 152 Å². The predicted octanol–water partition coefficient (Wildman–Crippen LogP) is 1.62. The topological polar surface area (TPSA) is 69.7 Å². The van der Waals surface area contributed by atoms with Crippen molar-refractivity contribution in [2.24, 2.45) is 11.8 Å². The molecule has 2 aliphatic carbocycles. The number of amides is 3. The van der Waals surface area contributed by atoms with E-state index in [9.17, 15) is 14.4 Å². The van der Waals surface area contributed by atoms with Crippen molar-refractivity contribution in [2.45, 2.75) is 44.6 Å². The molecule has 2 saturated carbocycles. The molecule has 0 spiro atoms. The molecule has 2 heterocycles. The van der Waals surface area contributed by atoms with Crippen LogP contribution in [0.1, 0.15) is 37.7 Å². The second-order valence-electron chi connectivity index (χ2n) is 8.02. The molecule has 1 saturated heterocycles. The highest BCUT2D eigenvalue weighted by Gasteiger charge is 2.39. The number of benzene rings is 1. The standard InChI is InChI=1S/C20H23N3O3/c24-18-10-14(19(25)21-15-3-4-15)11-23(18)16-5-6-17-13(9-16)7-8-22(17)20(26)12-1-2-12/h5-6,9,12,14-15H,1-4,7-8,10-11H2,(H,21,25)/t14-/m1/s1. The highest BCUT2D eigenvalue weighted by molar-refractivity contribution is 6.02. The van der Waals surface area contributed by atoms with Crippen LogP contribution < -0.4 is 15.1 Å². The molecule has 4 aliphatic rings. The quantitative estimate of drug-likeness (QED) is 0.894. The minimum Gasteiger partial charge on any atom is -0.353 e. The summed E-state index contributed by atoms with van der Waals surface area (Å²) in [4.78, 5) is 40.7. The summed E-state index contributed by atoms with van der Waals surface area (Å²) >= 11 is 0. The van der Waals surface area contributed by atoms with Crippen molar-refractivity contribution in [1.29, 1.82) is 0 Å². The Hall–Kier alpha value is -2.37. The van der Waals surface area contributed by atoms with Crippen LogP contribution in [0.2, 0.25) is 0 Å². The first-order valence-corrected chi connectivity index (χ1v) is 9.65. The Morgan fingerprint density at radius 2 is 1.88 bits per heavy atom. The normalized spacial score (nSPS) is 24.8. The molecule has 0 bridgehead atoms. The van der Waals surface area contributed by atoms with E-state index in [-0.39, 0.29) is 36.0 Å². The van der Waals surface area contributed by atoms with Crippen LogP contribution in [-0.2, 0) is 20.8 Å². The zero-order valence-electron chi connectivity index (χ0n) is 14.7. The van der Waals surface area contributed by atoms with Crippen LogP contribution in [-0.4, -0.2) is 36.9 Å². The van der Waals surface area contributed by atoms with Crippen molar-refractivity contribution in [3.05, 3.63) is 23.8 Å². The van der Waals surface area contributed by atoms with Gasteiger partial charge in [-0.1, -0.05) is 0 Å². The van der Waals surface area contributed by atoms with Gasteiger partial charge < -0.3 is 15.1 Å². The van der Waals surface area contributed by atoms with Crippen LogP contribution in [0.4, 0.5) is 11.4 Å². The molecular weight excluding hydrogens is 330 g/mol. The number of rotatable bonds is 4. The maximum absolute atomic E-state index is 12.4. The monoisotopic (exact) mass is 353 g/mol. The van der Waals surface area contributed by atoms with Gasteiger partial charge in [-0.05, 0) is 55.9 Å². The fraction of sp³-hybridized carbons (Fsp3) is 0.550. The summed E-state index contributed by atoms with van der Waals surface area (Å²) in [5, 5.41) is 3.00. The molecule has 0 radical (unpaired) electrons. The lowest BCUT2D eigenvalue weighted by atomic mass is 10.1. The lowest BCUT2D eigenvalue weighted by molar-refractivity contribution is -0.126. The van der Waals surface area contributed by atoms with E-state index < -0.39 is 0 Å². The van der Waals surface area contributed by atoms with Crippen LogP contribution in [0, 0.1) is 11.8 Å². The highest BCUT2D eigenvalue weighted by Crippen LogP contribution is 2.38. The van der Waals surface area contributed by atoms with E-state index in [0.29, 0.717) is 12.6 Å². The van der Waals surface area contributed by atoms with Crippen LogP contribution in [0.3, 0.4) is 0 Å².